The molecule has 1 saturated heterocycles. The van der Waals surface area contributed by atoms with E-state index in [1.807, 2.05) is 45.0 Å². The molecule has 2 heterocycles. The van der Waals surface area contributed by atoms with Gasteiger partial charge in [0.15, 0.2) is 0 Å². The number of benzene rings is 1. The van der Waals surface area contributed by atoms with Gasteiger partial charge < -0.3 is 19.9 Å². The van der Waals surface area contributed by atoms with Gasteiger partial charge in [0, 0.05) is 11.3 Å². The SMILES string of the molecule is Cc1noc(C)c1C(C)Nc1cccc(C2(C)COC(=O)N2)c1. The van der Waals surface area contributed by atoms with Gasteiger partial charge in [-0.2, -0.15) is 0 Å². The Hall–Kier alpha value is -2.50. The Labute approximate surface area is 135 Å². The van der Waals surface area contributed by atoms with Gasteiger partial charge in [0.05, 0.1) is 17.3 Å². The molecule has 122 valence electrons. The number of aromatic nitrogens is 1. The van der Waals surface area contributed by atoms with Crippen molar-refractivity contribution in [3.8, 4) is 0 Å². The second kappa shape index (κ2) is 5.61. The maximum absolute atomic E-state index is 11.4. The van der Waals surface area contributed by atoms with Crippen LogP contribution >= 0.6 is 0 Å². The average molecular weight is 315 g/mol. The van der Waals surface area contributed by atoms with Crippen LogP contribution < -0.4 is 10.6 Å². The van der Waals surface area contributed by atoms with Crippen LogP contribution in [0.3, 0.4) is 0 Å². The number of ether oxygens (including phenoxy) is 1. The lowest BCUT2D eigenvalue weighted by Gasteiger charge is -2.23. The largest absolute Gasteiger partial charge is 0.447 e. The van der Waals surface area contributed by atoms with E-state index in [4.69, 9.17) is 9.26 Å². The number of carbonyl (C=O) groups excluding carboxylic acids is 1. The van der Waals surface area contributed by atoms with E-state index in [1.165, 1.54) is 0 Å². The molecule has 6 heteroatoms. The smallest absolute Gasteiger partial charge is 0.408 e. The fourth-order valence-corrected chi connectivity index (χ4v) is 3.05. The van der Waals surface area contributed by atoms with E-state index in [0.717, 1.165) is 28.3 Å². The summed E-state index contributed by atoms with van der Waals surface area (Å²) in [5.74, 6) is 0.821. The standard InChI is InChI=1S/C17H21N3O3/c1-10(15-11(2)20-23-12(15)3)18-14-7-5-6-13(8-14)17(4)9-22-16(21)19-17/h5-8,10,18H,9H2,1-4H3,(H,19,21). The molecule has 3 rings (SSSR count). The molecule has 2 aromatic rings. The third-order valence-corrected chi connectivity index (χ3v) is 4.27. The van der Waals surface area contributed by atoms with Crippen LogP contribution in [0.1, 0.15) is 42.5 Å². The summed E-state index contributed by atoms with van der Waals surface area (Å²) in [4.78, 5) is 11.4. The number of nitrogens with one attached hydrogen (secondary N) is 2. The van der Waals surface area contributed by atoms with Crippen molar-refractivity contribution in [1.29, 1.82) is 0 Å². The van der Waals surface area contributed by atoms with Crippen LogP contribution in [0.15, 0.2) is 28.8 Å². The number of rotatable bonds is 4. The number of hydrogen-bond acceptors (Lipinski definition) is 5. The first-order valence-corrected chi connectivity index (χ1v) is 7.64. The van der Waals surface area contributed by atoms with E-state index in [9.17, 15) is 4.79 Å². The summed E-state index contributed by atoms with van der Waals surface area (Å²) in [6, 6.07) is 8.05. The third-order valence-electron chi connectivity index (χ3n) is 4.27. The zero-order valence-corrected chi connectivity index (χ0v) is 13.8. The summed E-state index contributed by atoms with van der Waals surface area (Å²) in [6.45, 7) is 8.20. The second-order valence-corrected chi connectivity index (χ2v) is 6.22. The van der Waals surface area contributed by atoms with Crippen LogP contribution in [0.4, 0.5) is 10.5 Å². The van der Waals surface area contributed by atoms with E-state index in [2.05, 4.69) is 22.7 Å². The molecular formula is C17H21N3O3. The molecule has 6 nitrogen and oxygen atoms in total. The zero-order valence-electron chi connectivity index (χ0n) is 13.8. The molecule has 2 N–H and O–H groups in total. The number of cyclic esters (lactones) is 1. The van der Waals surface area contributed by atoms with Crippen LogP contribution in [-0.4, -0.2) is 17.9 Å². The molecule has 1 aliphatic heterocycles. The lowest BCUT2D eigenvalue weighted by atomic mass is 9.93. The van der Waals surface area contributed by atoms with Gasteiger partial charge in [-0.15, -0.1) is 0 Å². The topological polar surface area (TPSA) is 76.4 Å². The number of anilines is 1. The summed E-state index contributed by atoms with van der Waals surface area (Å²) in [6.07, 6.45) is -0.380. The number of carbonyl (C=O) groups is 1. The molecule has 2 atom stereocenters. The molecule has 1 aliphatic rings. The first kappa shape index (κ1) is 15.4. The Balaban J connectivity index is 1.82. The molecule has 2 unspecified atom stereocenters. The highest BCUT2D eigenvalue weighted by molar-refractivity contribution is 5.71. The molecule has 0 spiro atoms. The highest BCUT2D eigenvalue weighted by atomic mass is 16.6. The van der Waals surface area contributed by atoms with Crippen LogP contribution in [0, 0.1) is 13.8 Å². The fraction of sp³-hybridized carbons (Fsp3) is 0.412. The Kier molecular flexibility index (Phi) is 3.75. The molecule has 23 heavy (non-hydrogen) atoms. The van der Waals surface area contributed by atoms with Crippen molar-refractivity contribution in [1.82, 2.24) is 10.5 Å². The maximum atomic E-state index is 11.4. The van der Waals surface area contributed by atoms with E-state index in [1.54, 1.807) is 0 Å². The molecule has 1 aromatic heterocycles. The van der Waals surface area contributed by atoms with Gasteiger partial charge in [-0.05, 0) is 45.4 Å². The predicted octanol–water partition coefficient (Wildman–Crippen LogP) is 3.42. The Morgan fingerprint density at radius 1 is 1.39 bits per heavy atom. The Bertz CT molecular complexity index is 721. The Morgan fingerprint density at radius 2 is 2.17 bits per heavy atom. The van der Waals surface area contributed by atoms with Crippen LogP contribution in [0.5, 0.6) is 0 Å². The number of alkyl carbamates (subject to hydrolysis) is 1. The monoisotopic (exact) mass is 315 g/mol. The molecular weight excluding hydrogens is 294 g/mol. The van der Waals surface area contributed by atoms with E-state index < -0.39 is 5.54 Å². The molecule has 1 fully saturated rings. The second-order valence-electron chi connectivity index (χ2n) is 6.22. The number of hydrogen-bond donors (Lipinski definition) is 2. The average Bonchev–Trinajstić information content (AvgIpc) is 3.02. The minimum atomic E-state index is -0.499. The summed E-state index contributed by atoms with van der Waals surface area (Å²) in [7, 11) is 0. The Morgan fingerprint density at radius 3 is 2.78 bits per heavy atom. The van der Waals surface area contributed by atoms with Gasteiger partial charge in [-0.1, -0.05) is 17.3 Å². The van der Waals surface area contributed by atoms with Crippen molar-refractivity contribution in [3.05, 3.63) is 46.8 Å². The van der Waals surface area contributed by atoms with Gasteiger partial charge in [-0.3, -0.25) is 0 Å². The minimum absolute atomic E-state index is 0.0683. The number of nitrogens with zero attached hydrogens (tertiary/aromatic N) is 1. The minimum Gasteiger partial charge on any atom is -0.447 e. The third kappa shape index (κ3) is 2.88. The van der Waals surface area contributed by atoms with Crippen molar-refractivity contribution >= 4 is 11.8 Å². The predicted molar refractivity (Wildman–Crippen MR) is 86.3 cm³/mol. The summed E-state index contributed by atoms with van der Waals surface area (Å²) >= 11 is 0. The quantitative estimate of drug-likeness (QED) is 0.904. The van der Waals surface area contributed by atoms with Gasteiger partial charge in [0.1, 0.15) is 12.4 Å². The van der Waals surface area contributed by atoms with E-state index >= 15 is 0 Å². The van der Waals surface area contributed by atoms with Crippen molar-refractivity contribution in [2.24, 2.45) is 0 Å². The van der Waals surface area contributed by atoms with Gasteiger partial charge in [0.25, 0.3) is 0 Å². The van der Waals surface area contributed by atoms with Crippen molar-refractivity contribution < 1.29 is 14.1 Å². The number of aryl methyl sites for hydroxylation is 2. The summed E-state index contributed by atoms with van der Waals surface area (Å²) in [5.41, 5.74) is 3.43. The number of amides is 1. The maximum Gasteiger partial charge on any atom is 0.408 e. The van der Waals surface area contributed by atoms with E-state index in [-0.39, 0.29) is 12.1 Å². The van der Waals surface area contributed by atoms with Crippen LogP contribution in [0.2, 0.25) is 0 Å². The summed E-state index contributed by atoms with van der Waals surface area (Å²) < 4.78 is 10.3. The normalized spacial score (nSPS) is 21.7. The van der Waals surface area contributed by atoms with Crippen molar-refractivity contribution in [2.45, 2.75) is 39.3 Å². The highest BCUT2D eigenvalue weighted by Gasteiger charge is 2.36. The van der Waals surface area contributed by atoms with Gasteiger partial charge in [-0.25, -0.2) is 4.79 Å². The lowest BCUT2D eigenvalue weighted by Crippen LogP contribution is -2.37. The molecule has 0 bridgehead atoms. The first-order valence-electron chi connectivity index (χ1n) is 7.64. The van der Waals surface area contributed by atoms with E-state index in [0.29, 0.717) is 6.61 Å². The lowest BCUT2D eigenvalue weighted by molar-refractivity contribution is 0.173. The highest BCUT2D eigenvalue weighted by Crippen LogP contribution is 2.30. The van der Waals surface area contributed by atoms with Crippen LogP contribution in [-0.2, 0) is 10.3 Å². The molecule has 1 amide bonds. The van der Waals surface area contributed by atoms with Crippen molar-refractivity contribution in [2.75, 3.05) is 11.9 Å². The summed E-state index contributed by atoms with van der Waals surface area (Å²) in [5, 5.41) is 10.3. The molecule has 0 radical (unpaired) electrons. The van der Waals surface area contributed by atoms with Gasteiger partial charge >= 0.3 is 6.09 Å². The molecule has 1 aromatic carbocycles. The first-order chi connectivity index (χ1) is 10.9. The van der Waals surface area contributed by atoms with Crippen molar-refractivity contribution in [3.63, 3.8) is 0 Å². The van der Waals surface area contributed by atoms with Crippen LogP contribution in [0.25, 0.3) is 0 Å². The fourth-order valence-electron chi connectivity index (χ4n) is 3.05. The van der Waals surface area contributed by atoms with Gasteiger partial charge in [0.2, 0.25) is 0 Å². The molecule has 0 saturated carbocycles. The molecule has 0 aliphatic carbocycles. The zero-order chi connectivity index (χ0) is 16.6.